The van der Waals surface area contributed by atoms with Gasteiger partial charge in [0, 0.05) is 49.9 Å². The molecule has 2 fully saturated rings. The second kappa shape index (κ2) is 7.63. The van der Waals surface area contributed by atoms with Crippen molar-refractivity contribution in [2.24, 2.45) is 0 Å². The SMILES string of the molecule is O=C(CN1CCN2C(=O)CCC2C1)Nc1ccc(-c2cc(F)cc(F)c2)cn1. The molecule has 28 heavy (non-hydrogen) atoms. The van der Waals surface area contributed by atoms with Gasteiger partial charge in [0.05, 0.1) is 6.54 Å². The van der Waals surface area contributed by atoms with E-state index in [0.29, 0.717) is 43.0 Å². The summed E-state index contributed by atoms with van der Waals surface area (Å²) in [5.41, 5.74) is 0.935. The lowest BCUT2D eigenvalue weighted by atomic mass is 10.1. The van der Waals surface area contributed by atoms with Crippen LogP contribution < -0.4 is 5.32 Å². The van der Waals surface area contributed by atoms with Gasteiger partial charge in [-0.15, -0.1) is 0 Å². The van der Waals surface area contributed by atoms with Gasteiger partial charge in [0.2, 0.25) is 11.8 Å². The Morgan fingerprint density at radius 1 is 1.14 bits per heavy atom. The molecule has 146 valence electrons. The number of hydrogen-bond acceptors (Lipinski definition) is 4. The summed E-state index contributed by atoms with van der Waals surface area (Å²) in [6, 6.07) is 6.73. The fraction of sp³-hybridized carbons (Fsp3) is 0.350. The normalized spacial score (nSPS) is 19.6. The Morgan fingerprint density at radius 2 is 1.93 bits per heavy atom. The number of carbonyl (C=O) groups is 2. The first-order valence-electron chi connectivity index (χ1n) is 9.22. The minimum absolute atomic E-state index is 0.185. The molecule has 2 aliphatic heterocycles. The Balaban J connectivity index is 1.34. The Hall–Kier alpha value is -2.87. The summed E-state index contributed by atoms with van der Waals surface area (Å²) >= 11 is 0. The number of anilines is 1. The molecule has 2 aromatic rings. The second-order valence-electron chi connectivity index (χ2n) is 7.15. The number of nitrogens with zero attached hydrogens (tertiary/aromatic N) is 3. The number of benzene rings is 1. The van der Waals surface area contributed by atoms with E-state index in [0.717, 1.165) is 12.5 Å². The van der Waals surface area contributed by atoms with E-state index in [1.807, 2.05) is 9.80 Å². The summed E-state index contributed by atoms with van der Waals surface area (Å²) in [6.07, 6.45) is 2.91. The molecule has 0 saturated carbocycles. The molecule has 8 heteroatoms. The van der Waals surface area contributed by atoms with Crippen LogP contribution in [0.1, 0.15) is 12.8 Å². The van der Waals surface area contributed by atoms with Crippen LogP contribution in [0.25, 0.3) is 11.1 Å². The number of carbonyl (C=O) groups excluding carboxylic acids is 2. The van der Waals surface area contributed by atoms with Crippen LogP contribution in [-0.4, -0.2) is 58.8 Å². The predicted octanol–water partition coefficient (Wildman–Crippen LogP) is 2.27. The standard InChI is InChI=1S/C20H20F2N4O2/c21-15-7-14(8-16(22)9-15)13-1-3-18(23-10-13)24-19(27)12-25-5-6-26-17(11-25)2-4-20(26)28/h1,3,7-10,17H,2,4-6,11-12H2,(H,23,24,27). The molecule has 1 atom stereocenters. The Kier molecular flexibility index (Phi) is 5.04. The van der Waals surface area contributed by atoms with Gasteiger partial charge in [-0.25, -0.2) is 13.8 Å². The van der Waals surface area contributed by atoms with Gasteiger partial charge >= 0.3 is 0 Å². The maximum atomic E-state index is 13.3. The van der Waals surface area contributed by atoms with Crippen LogP contribution in [0.4, 0.5) is 14.6 Å². The maximum absolute atomic E-state index is 13.3. The van der Waals surface area contributed by atoms with Gasteiger partial charge in [0.1, 0.15) is 17.5 Å². The quantitative estimate of drug-likeness (QED) is 0.876. The van der Waals surface area contributed by atoms with Crippen molar-refractivity contribution in [2.45, 2.75) is 18.9 Å². The second-order valence-corrected chi connectivity index (χ2v) is 7.15. The van der Waals surface area contributed by atoms with Crippen molar-refractivity contribution in [2.75, 3.05) is 31.5 Å². The lowest BCUT2D eigenvalue weighted by molar-refractivity contribution is -0.130. The van der Waals surface area contributed by atoms with Gasteiger partial charge in [-0.1, -0.05) is 0 Å². The summed E-state index contributed by atoms with van der Waals surface area (Å²) < 4.78 is 26.7. The Morgan fingerprint density at radius 3 is 2.64 bits per heavy atom. The number of amides is 2. The lowest BCUT2D eigenvalue weighted by Crippen LogP contribution is -2.52. The lowest BCUT2D eigenvalue weighted by Gasteiger charge is -2.37. The molecule has 6 nitrogen and oxygen atoms in total. The zero-order chi connectivity index (χ0) is 19.7. The molecule has 1 aromatic carbocycles. The molecule has 2 aliphatic rings. The first-order valence-corrected chi connectivity index (χ1v) is 9.22. The van der Waals surface area contributed by atoms with Gasteiger partial charge in [-0.2, -0.15) is 0 Å². The number of hydrogen-bond donors (Lipinski definition) is 1. The first-order chi connectivity index (χ1) is 13.5. The van der Waals surface area contributed by atoms with Crippen molar-refractivity contribution in [3.8, 4) is 11.1 Å². The van der Waals surface area contributed by atoms with E-state index < -0.39 is 11.6 Å². The van der Waals surface area contributed by atoms with Crippen molar-refractivity contribution < 1.29 is 18.4 Å². The zero-order valence-electron chi connectivity index (χ0n) is 15.2. The molecule has 1 aromatic heterocycles. The zero-order valence-corrected chi connectivity index (χ0v) is 15.2. The summed E-state index contributed by atoms with van der Waals surface area (Å²) in [6.45, 7) is 2.27. The van der Waals surface area contributed by atoms with E-state index in [9.17, 15) is 18.4 Å². The first kappa shape index (κ1) is 18.5. The van der Waals surface area contributed by atoms with Crippen LogP contribution in [0.3, 0.4) is 0 Å². The Labute approximate surface area is 161 Å². The fourth-order valence-electron chi connectivity index (χ4n) is 3.82. The van der Waals surface area contributed by atoms with Gasteiger partial charge in [-0.3, -0.25) is 14.5 Å². The molecule has 2 saturated heterocycles. The van der Waals surface area contributed by atoms with Crippen LogP contribution in [0, 0.1) is 11.6 Å². The van der Waals surface area contributed by atoms with E-state index in [-0.39, 0.29) is 24.4 Å². The van der Waals surface area contributed by atoms with Gasteiger partial charge < -0.3 is 10.2 Å². The summed E-state index contributed by atoms with van der Waals surface area (Å²) in [5, 5.41) is 2.74. The van der Waals surface area contributed by atoms with Gasteiger partial charge in [0.15, 0.2) is 0 Å². The van der Waals surface area contributed by atoms with E-state index in [2.05, 4.69) is 10.3 Å². The number of piperazine rings is 1. The molecule has 0 bridgehead atoms. The van der Waals surface area contributed by atoms with Crippen molar-refractivity contribution in [1.82, 2.24) is 14.8 Å². The summed E-state index contributed by atoms with van der Waals surface area (Å²) in [7, 11) is 0. The molecule has 4 rings (SSSR count). The highest BCUT2D eigenvalue weighted by atomic mass is 19.1. The summed E-state index contributed by atoms with van der Waals surface area (Å²) in [4.78, 5) is 32.1. The average Bonchev–Trinajstić information content (AvgIpc) is 3.02. The smallest absolute Gasteiger partial charge is 0.239 e. The number of nitrogens with one attached hydrogen (secondary N) is 1. The van der Waals surface area contributed by atoms with Crippen molar-refractivity contribution >= 4 is 17.6 Å². The van der Waals surface area contributed by atoms with Crippen LogP contribution in [0.5, 0.6) is 0 Å². The van der Waals surface area contributed by atoms with Crippen molar-refractivity contribution in [3.63, 3.8) is 0 Å². The molecule has 0 aliphatic carbocycles. The monoisotopic (exact) mass is 386 g/mol. The maximum Gasteiger partial charge on any atom is 0.239 e. The fourth-order valence-corrected chi connectivity index (χ4v) is 3.82. The number of aromatic nitrogens is 1. The van der Waals surface area contributed by atoms with Crippen molar-refractivity contribution in [1.29, 1.82) is 0 Å². The average molecular weight is 386 g/mol. The minimum Gasteiger partial charge on any atom is -0.337 e. The number of halogens is 2. The van der Waals surface area contributed by atoms with E-state index in [1.165, 1.54) is 18.3 Å². The third-order valence-corrected chi connectivity index (χ3v) is 5.17. The molecule has 0 radical (unpaired) electrons. The third-order valence-electron chi connectivity index (χ3n) is 5.17. The Bertz CT molecular complexity index is 883. The number of fused-ring (bicyclic) bond motifs is 1. The highest BCUT2D eigenvalue weighted by molar-refractivity contribution is 5.91. The molecule has 2 amide bonds. The van der Waals surface area contributed by atoms with Gasteiger partial charge in [0.25, 0.3) is 0 Å². The molecular weight excluding hydrogens is 366 g/mol. The topological polar surface area (TPSA) is 65.5 Å². The molecular formula is C20H20F2N4O2. The predicted molar refractivity (Wildman–Crippen MR) is 99.4 cm³/mol. The van der Waals surface area contributed by atoms with Crippen LogP contribution in [0.2, 0.25) is 0 Å². The summed E-state index contributed by atoms with van der Waals surface area (Å²) in [5.74, 6) is -0.917. The van der Waals surface area contributed by atoms with Crippen LogP contribution >= 0.6 is 0 Å². The number of rotatable bonds is 4. The highest BCUT2D eigenvalue weighted by Gasteiger charge is 2.35. The van der Waals surface area contributed by atoms with E-state index in [4.69, 9.17) is 0 Å². The van der Waals surface area contributed by atoms with Crippen molar-refractivity contribution in [3.05, 3.63) is 48.2 Å². The molecule has 1 N–H and O–H groups in total. The van der Waals surface area contributed by atoms with Crippen LogP contribution in [-0.2, 0) is 9.59 Å². The third kappa shape index (κ3) is 4.01. The molecule has 3 heterocycles. The van der Waals surface area contributed by atoms with E-state index in [1.54, 1.807) is 12.1 Å². The largest absolute Gasteiger partial charge is 0.337 e. The molecule has 0 spiro atoms. The highest BCUT2D eigenvalue weighted by Crippen LogP contribution is 2.23. The minimum atomic E-state index is -0.656. The van der Waals surface area contributed by atoms with Crippen LogP contribution in [0.15, 0.2) is 36.5 Å². The van der Waals surface area contributed by atoms with Gasteiger partial charge in [-0.05, 0) is 36.2 Å². The molecule has 1 unspecified atom stereocenters. The number of pyridine rings is 1. The van der Waals surface area contributed by atoms with E-state index >= 15 is 0 Å².